The van der Waals surface area contributed by atoms with E-state index in [0.717, 1.165) is 68.3 Å². The fourth-order valence-corrected chi connectivity index (χ4v) is 6.54. The molecule has 2 N–H and O–H groups in total. The molecule has 44 heavy (non-hydrogen) atoms. The first kappa shape index (κ1) is 32.3. The number of piperidine rings is 1. The van der Waals surface area contributed by atoms with E-state index in [0.29, 0.717) is 39.5 Å². The highest BCUT2D eigenvalue weighted by Gasteiger charge is 2.36. The van der Waals surface area contributed by atoms with E-state index in [1.54, 1.807) is 14.2 Å². The number of hydrogen-bond donors (Lipinski definition) is 2. The van der Waals surface area contributed by atoms with Gasteiger partial charge in [-0.05, 0) is 68.5 Å². The number of urea groups is 1. The van der Waals surface area contributed by atoms with Crippen molar-refractivity contribution in [2.75, 3.05) is 78.3 Å². The number of benzene rings is 2. The number of morpholine rings is 1. The van der Waals surface area contributed by atoms with Crippen molar-refractivity contribution >= 4 is 11.7 Å². The summed E-state index contributed by atoms with van der Waals surface area (Å²) < 4.78 is 28.7. The van der Waals surface area contributed by atoms with Gasteiger partial charge in [-0.3, -0.25) is 0 Å². The third kappa shape index (κ3) is 8.56. The second-order valence-electron chi connectivity index (χ2n) is 12.7. The van der Waals surface area contributed by atoms with Crippen LogP contribution < -0.4 is 25.0 Å². The maximum absolute atomic E-state index is 12.9. The molecule has 10 nitrogen and oxygen atoms in total. The van der Waals surface area contributed by atoms with E-state index in [1.165, 1.54) is 5.56 Å². The van der Waals surface area contributed by atoms with Crippen molar-refractivity contribution in [2.24, 2.45) is 0 Å². The zero-order valence-corrected chi connectivity index (χ0v) is 26.8. The number of hydrogen-bond acceptors (Lipinski definition) is 8. The van der Waals surface area contributed by atoms with Crippen molar-refractivity contribution in [3.8, 4) is 11.5 Å². The van der Waals surface area contributed by atoms with Crippen LogP contribution in [0.1, 0.15) is 50.2 Å². The van der Waals surface area contributed by atoms with Crippen molar-refractivity contribution < 1.29 is 28.5 Å². The predicted molar refractivity (Wildman–Crippen MR) is 171 cm³/mol. The van der Waals surface area contributed by atoms with Crippen LogP contribution >= 0.6 is 0 Å². The minimum Gasteiger partial charge on any atom is -0.497 e. The van der Waals surface area contributed by atoms with Crippen molar-refractivity contribution in [1.82, 2.24) is 15.5 Å². The highest BCUT2D eigenvalue weighted by atomic mass is 16.5. The highest BCUT2D eigenvalue weighted by molar-refractivity contribution is 5.75. The van der Waals surface area contributed by atoms with Gasteiger partial charge in [0.25, 0.3) is 0 Å². The number of methoxy groups -OCH3 is 2. The largest absolute Gasteiger partial charge is 0.497 e. The van der Waals surface area contributed by atoms with Gasteiger partial charge < -0.3 is 44.1 Å². The Morgan fingerprint density at radius 1 is 1.07 bits per heavy atom. The second-order valence-corrected chi connectivity index (χ2v) is 12.7. The van der Waals surface area contributed by atoms with Gasteiger partial charge >= 0.3 is 6.03 Å². The SMILES string of the molecule is COCCCN1CCOc2ccc(CO[C@H]3CN[C@H](CC(C)(C)NC(=O)N4CCOCC4)C[C@@H]3c3ccc(OC)cc3)cc21. The smallest absolute Gasteiger partial charge is 0.317 e. The van der Waals surface area contributed by atoms with E-state index in [4.69, 9.17) is 23.7 Å². The Morgan fingerprint density at radius 3 is 2.61 bits per heavy atom. The molecule has 0 radical (unpaired) electrons. The first-order valence-electron chi connectivity index (χ1n) is 16.0. The van der Waals surface area contributed by atoms with Gasteiger partial charge in [0, 0.05) is 57.4 Å². The normalized spacial score (nSPS) is 22.2. The Balaban J connectivity index is 1.24. The van der Waals surface area contributed by atoms with Crippen LogP contribution in [-0.2, 0) is 20.8 Å². The molecule has 10 heteroatoms. The molecule has 5 rings (SSSR count). The minimum atomic E-state index is -0.370. The maximum Gasteiger partial charge on any atom is 0.317 e. The number of nitrogens with zero attached hydrogens (tertiary/aromatic N) is 2. The number of carbonyl (C=O) groups is 1. The summed E-state index contributed by atoms with van der Waals surface area (Å²) in [6, 6.07) is 15.0. The summed E-state index contributed by atoms with van der Waals surface area (Å²) in [5, 5.41) is 7.02. The van der Waals surface area contributed by atoms with Gasteiger partial charge in [-0.25, -0.2) is 4.79 Å². The number of carbonyl (C=O) groups excluding carboxylic acids is 1. The van der Waals surface area contributed by atoms with Crippen LogP contribution in [-0.4, -0.2) is 102 Å². The van der Waals surface area contributed by atoms with E-state index in [-0.39, 0.29) is 29.6 Å². The lowest BCUT2D eigenvalue weighted by Crippen LogP contribution is -2.56. The Kier molecular flexibility index (Phi) is 11.2. The highest BCUT2D eigenvalue weighted by Crippen LogP contribution is 2.36. The van der Waals surface area contributed by atoms with E-state index < -0.39 is 0 Å². The van der Waals surface area contributed by atoms with Crippen molar-refractivity contribution in [3.05, 3.63) is 53.6 Å². The third-order valence-electron chi connectivity index (χ3n) is 8.86. The summed E-state index contributed by atoms with van der Waals surface area (Å²) in [4.78, 5) is 17.2. The number of rotatable bonds is 12. The molecule has 3 aliphatic heterocycles. The summed E-state index contributed by atoms with van der Waals surface area (Å²) >= 11 is 0. The number of amides is 2. The van der Waals surface area contributed by atoms with Crippen LogP contribution in [0.5, 0.6) is 11.5 Å². The molecule has 0 saturated carbocycles. The quantitative estimate of drug-likeness (QED) is 0.346. The average molecular weight is 611 g/mol. The topological polar surface area (TPSA) is 93.8 Å². The summed E-state index contributed by atoms with van der Waals surface area (Å²) in [7, 11) is 3.44. The van der Waals surface area contributed by atoms with E-state index >= 15 is 0 Å². The van der Waals surface area contributed by atoms with E-state index in [9.17, 15) is 4.79 Å². The average Bonchev–Trinajstić information content (AvgIpc) is 3.04. The predicted octanol–water partition coefficient (Wildman–Crippen LogP) is 4.17. The molecule has 2 aromatic carbocycles. The van der Waals surface area contributed by atoms with Gasteiger partial charge in [0.2, 0.25) is 0 Å². The molecule has 0 unspecified atom stereocenters. The Morgan fingerprint density at radius 2 is 1.86 bits per heavy atom. The number of ether oxygens (including phenoxy) is 5. The minimum absolute atomic E-state index is 0.00390. The van der Waals surface area contributed by atoms with Crippen LogP contribution in [0.15, 0.2) is 42.5 Å². The Labute approximate surface area is 262 Å². The molecule has 2 fully saturated rings. The number of fused-ring (bicyclic) bond motifs is 1. The van der Waals surface area contributed by atoms with Crippen LogP contribution in [0.25, 0.3) is 0 Å². The third-order valence-corrected chi connectivity index (χ3v) is 8.86. The zero-order chi connectivity index (χ0) is 30.9. The molecule has 0 aliphatic carbocycles. The lowest BCUT2D eigenvalue weighted by molar-refractivity contribution is 0.000411. The first-order valence-corrected chi connectivity index (χ1v) is 16.0. The molecule has 3 heterocycles. The monoisotopic (exact) mass is 610 g/mol. The van der Waals surface area contributed by atoms with Crippen LogP contribution in [0, 0.1) is 0 Å². The van der Waals surface area contributed by atoms with Gasteiger partial charge in [-0.15, -0.1) is 0 Å². The maximum atomic E-state index is 12.9. The molecule has 0 aromatic heterocycles. The molecule has 2 saturated heterocycles. The molecule has 3 atom stereocenters. The van der Waals surface area contributed by atoms with Crippen molar-refractivity contribution in [1.29, 1.82) is 0 Å². The molecular weight excluding hydrogens is 560 g/mol. The molecule has 0 bridgehead atoms. The fraction of sp³-hybridized carbons (Fsp3) is 0.618. The van der Waals surface area contributed by atoms with Crippen molar-refractivity contribution in [3.63, 3.8) is 0 Å². The summed E-state index contributed by atoms with van der Waals surface area (Å²) in [6.07, 6.45) is 2.68. The zero-order valence-electron chi connectivity index (χ0n) is 26.8. The molecule has 3 aliphatic rings. The summed E-state index contributed by atoms with van der Waals surface area (Å²) in [5.74, 6) is 1.97. The summed E-state index contributed by atoms with van der Waals surface area (Å²) in [5.41, 5.74) is 3.13. The van der Waals surface area contributed by atoms with Gasteiger partial charge in [0.05, 0.1) is 45.3 Å². The molecule has 242 valence electrons. The van der Waals surface area contributed by atoms with Gasteiger partial charge in [-0.1, -0.05) is 18.2 Å². The second kappa shape index (κ2) is 15.3. The number of nitrogens with one attached hydrogen (secondary N) is 2. The van der Waals surface area contributed by atoms with Gasteiger partial charge in [0.1, 0.15) is 18.1 Å². The van der Waals surface area contributed by atoms with E-state index in [2.05, 4.69) is 59.7 Å². The lowest BCUT2D eigenvalue weighted by atomic mass is 9.80. The van der Waals surface area contributed by atoms with E-state index in [1.807, 2.05) is 17.0 Å². The fourth-order valence-electron chi connectivity index (χ4n) is 6.54. The van der Waals surface area contributed by atoms with Gasteiger partial charge in [0.15, 0.2) is 0 Å². The van der Waals surface area contributed by atoms with Gasteiger partial charge in [-0.2, -0.15) is 0 Å². The summed E-state index contributed by atoms with van der Waals surface area (Å²) in [6.45, 7) is 11.2. The Bertz CT molecular complexity index is 1200. The van der Waals surface area contributed by atoms with Crippen LogP contribution in [0.2, 0.25) is 0 Å². The Hall–Kier alpha value is -3.05. The molecule has 0 spiro atoms. The van der Waals surface area contributed by atoms with Crippen molar-refractivity contribution in [2.45, 2.75) is 63.3 Å². The molecule has 2 amide bonds. The molecular formula is C34H50N4O6. The lowest BCUT2D eigenvalue weighted by Gasteiger charge is -2.41. The number of anilines is 1. The first-order chi connectivity index (χ1) is 21.3. The van der Waals surface area contributed by atoms with Crippen LogP contribution in [0.4, 0.5) is 10.5 Å². The standard InChI is InChI=1S/C34H50N4O6/c1-34(2,36-33(39)38-13-17-42-18-14-38)22-27-21-29(26-7-9-28(41-4)10-8-26)32(23-35-27)44-24-25-6-11-31-30(20-25)37(15-19-43-31)12-5-16-40-3/h6-11,20,27,29,32,35H,5,12-19,21-24H2,1-4H3,(H,36,39)/t27-,29+,32-/m0/s1. The van der Waals surface area contributed by atoms with Crippen LogP contribution in [0.3, 0.4) is 0 Å². The molecule has 2 aromatic rings.